The fraction of sp³-hybridized carbons (Fsp3) is 0.500. The summed E-state index contributed by atoms with van der Waals surface area (Å²) in [6.07, 6.45) is -4.83. The van der Waals surface area contributed by atoms with Crippen LogP contribution in [0.2, 0.25) is 0 Å². The maximum atomic E-state index is 10.3. The van der Waals surface area contributed by atoms with Gasteiger partial charge in [0.2, 0.25) is 0 Å². The van der Waals surface area contributed by atoms with Gasteiger partial charge in [0.1, 0.15) is 0 Å². The molecule has 0 aliphatic carbocycles. The van der Waals surface area contributed by atoms with Crippen molar-refractivity contribution in [2.24, 2.45) is 0 Å². The van der Waals surface area contributed by atoms with E-state index in [4.69, 9.17) is 35.7 Å². The molecule has 1 atom stereocenters. The maximum absolute atomic E-state index is 10.3. The van der Waals surface area contributed by atoms with E-state index < -0.39 is 60.8 Å². The molecule has 23 heavy (non-hydrogen) atoms. The second-order valence-electron chi connectivity index (χ2n) is 3.93. The molecule has 0 amide bonds. The number of carboxylic acids is 5. The molecule has 0 bridgehead atoms. The highest BCUT2D eigenvalue weighted by molar-refractivity contribution is 5.88. The van der Waals surface area contributed by atoms with E-state index >= 15 is 0 Å². The molecule has 0 aliphatic heterocycles. The number of hydrogen-bond acceptors (Lipinski definition) is 7. The fourth-order valence-electron chi connectivity index (χ4n) is 0.967. The van der Waals surface area contributed by atoms with Crippen molar-refractivity contribution >= 4 is 52.9 Å². The van der Waals surface area contributed by atoms with Crippen molar-refractivity contribution in [2.75, 3.05) is 0 Å². The van der Waals surface area contributed by atoms with E-state index in [1.807, 2.05) is 0 Å². The average molecular weight is 353 g/mol. The normalized spacial score (nSPS) is 11.0. The van der Waals surface area contributed by atoms with Crippen molar-refractivity contribution in [1.82, 2.24) is 0 Å². The van der Waals surface area contributed by atoms with Gasteiger partial charge in [-0.15, -0.1) is 0 Å². The number of aliphatic hydroxyl groups excluding tert-OH is 1. The molecule has 0 aromatic heterocycles. The quantitative estimate of drug-likeness (QED) is 0.213. The van der Waals surface area contributed by atoms with Crippen LogP contribution in [0.3, 0.4) is 0 Å². The van der Waals surface area contributed by atoms with Gasteiger partial charge in [-0.25, -0.2) is 9.59 Å². The van der Waals surface area contributed by atoms with Crippen LogP contribution in [0.25, 0.3) is 0 Å². The Morgan fingerprint density at radius 3 is 1.26 bits per heavy atom. The molecule has 130 valence electrons. The van der Waals surface area contributed by atoms with Crippen LogP contribution in [0.5, 0.6) is 0 Å². The molecular weight excluding hydrogens is 336 g/mol. The Balaban J connectivity index is -0.000000354. The largest absolute Gasteiger partial charge is 0.481 e. The molecule has 13 heteroatoms. The minimum absolute atomic E-state index is 0. The molecule has 0 spiro atoms. The highest BCUT2D eigenvalue weighted by Crippen LogP contribution is 2.15. The van der Waals surface area contributed by atoms with Gasteiger partial charge in [0, 0.05) is 0 Å². The van der Waals surface area contributed by atoms with E-state index in [1.165, 1.54) is 0 Å². The highest BCUT2D eigenvalue weighted by Gasteiger charge is 2.40. The van der Waals surface area contributed by atoms with Gasteiger partial charge in [0.15, 0.2) is 11.7 Å². The summed E-state index contributed by atoms with van der Waals surface area (Å²) in [5, 5.41) is 58.0. The van der Waals surface area contributed by atoms with E-state index in [9.17, 15) is 24.0 Å². The molecule has 1 unspecified atom stereocenters. The van der Waals surface area contributed by atoms with Crippen molar-refractivity contribution in [3.05, 3.63) is 0 Å². The Hall–Kier alpha value is -1.96. The molecule has 0 aliphatic rings. The van der Waals surface area contributed by atoms with Crippen LogP contribution in [0.4, 0.5) is 0 Å². The van der Waals surface area contributed by atoms with Gasteiger partial charge < -0.3 is 35.7 Å². The Morgan fingerprint density at radius 1 is 0.783 bits per heavy atom. The van der Waals surface area contributed by atoms with Gasteiger partial charge in [-0.2, -0.15) is 0 Å². The highest BCUT2D eigenvalue weighted by atomic mass is 24.3. The molecule has 0 rings (SSSR count). The van der Waals surface area contributed by atoms with Crippen molar-refractivity contribution in [1.29, 1.82) is 0 Å². The van der Waals surface area contributed by atoms with Crippen LogP contribution in [0.15, 0.2) is 0 Å². The van der Waals surface area contributed by atoms with E-state index in [0.717, 1.165) is 0 Å². The lowest BCUT2D eigenvalue weighted by Gasteiger charge is -2.18. The summed E-state index contributed by atoms with van der Waals surface area (Å²) in [5.41, 5.74) is -2.74. The summed E-state index contributed by atoms with van der Waals surface area (Å²) in [6.45, 7) is 0. The molecule has 0 aromatic carbocycles. The predicted octanol–water partition coefficient (Wildman–Crippen LogP) is -3.26. The smallest absolute Gasteiger partial charge is 0.336 e. The third-order valence-electron chi connectivity index (χ3n) is 1.94. The molecule has 0 heterocycles. The van der Waals surface area contributed by atoms with E-state index in [2.05, 4.69) is 0 Å². The van der Waals surface area contributed by atoms with Crippen LogP contribution in [-0.2, 0) is 24.0 Å². The minimum Gasteiger partial charge on any atom is -0.481 e. The van der Waals surface area contributed by atoms with Crippen molar-refractivity contribution in [3.63, 3.8) is 0 Å². The second-order valence-corrected chi connectivity index (χ2v) is 3.93. The topological polar surface area (TPSA) is 227 Å². The van der Waals surface area contributed by atoms with Crippen LogP contribution < -0.4 is 0 Å². The van der Waals surface area contributed by atoms with Gasteiger partial charge in [0.05, 0.1) is 19.3 Å². The predicted molar refractivity (Wildman–Crippen MR) is 71.5 cm³/mol. The molecule has 12 nitrogen and oxygen atoms in total. The van der Waals surface area contributed by atoms with Crippen LogP contribution in [0, 0.1) is 0 Å². The number of carbonyl (C=O) groups is 5. The molecule has 0 saturated heterocycles. The summed E-state index contributed by atoms with van der Waals surface area (Å²) < 4.78 is 0. The zero-order valence-corrected chi connectivity index (χ0v) is 10.9. The third-order valence-corrected chi connectivity index (χ3v) is 1.94. The standard InChI is InChI=1S/C6H8O7.C4H6O5.Mg.2H/c7-3(8)1-6(13,5(11)12)2-4(9)10;5-2(4(8)9)1-3(6)7;;;/h13H,1-2H2,(H,7,8)(H,9,10)(H,11,12);2,5H,1H2,(H,6,7)(H,8,9);;;. The summed E-state index contributed by atoms with van der Waals surface area (Å²) >= 11 is 0. The molecule has 0 aromatic rings. The zero-order chi connectivity index (χ0) is 18.1. The van der Waals surface area contributed by atoms with E-state index in [1.54, 1.807) is 0 Å². The molecule has 0 saturated carbocycles. The van der Waals surface area contributed by atoms with Crippen LogP contribution in [0.1, 0.15) is 19.3 Å². The monoisotopic (exact) mass is 352 g/mol. The molecular formula is C10H16MgO12. The number of rotatable bonds is 8. The van der Waals surface area contributed by atoms with Gasteiger partial charge in [-0.1, -0.05) is 0 Å². The number of hydrogen-bond donors (Lipinski definition) is 7. The lowest BCUT2D eigenvalue weighted by molar-refractivity contribution is -0.170. The average Bonchev–Trinajstić information content (AvgIpc) is 2.25. The Bertz CT molecular complexity index is 443. The summed E-state index contributed by atoms with van der Waals surface area (Å²) in [4.78, 5) is 49.9. The van der Waals surface area contributed by atoms with Crippen molar-refractivity contribution in [3.8, 4) is 0 Å². The SMILES string of the molecule is O=C(O)CC(O)(CC(=O)O)C(=O)O.O=C(O)CC(O)C(=O)O.[MgH2]. The first kappa shape index (κ1) is 26.0. The van der Waals surface area contributed by atoms with Crippen molar-refractivity contribution < 1.29 is 59.7 Å². The van der Waals surface area contributed by atoms with Crippen molar-refractivity contribution in [2.45, 2.75) is 31.0 Å². The van der Waals surface area contributed by atoms with Gasteiger partial charge >= 0.3 is 52.9 Å². The second kappa shape index (κ2) is 11.6. The minimum atomic E-state index is -2.74. The Labute approximate surface area is 144 Å². The lowest BCUT2D eigenvalue weighted by Crippen LogP contribution is -2.42. The van der Waals surface area contributed by atoms with Gasteiger partial charge in [-0.3, -0.25) is 14.4 Å². The molecule has 0 fully saturated rings. The van der Waals surface area contributed by atoms with Crippen LogP contribution in [-0.4, -0.2) is 100 Å². The fourth-order valence-corrected chi connectivity index (χ4v) is 0.967. The number of aliphatic hydroxyl groups is 2. The van der Waals surface area contributed by atoms with Crippen LogP contribution >= 0.6 is 0 Å². The zero-order valence-electron chi connectivity index (χ0n) is 10.9. The summed E-state index contributed by atoms with van der Waals surface area (Å²) in [7, 11) is 0. The lowest BCUT2D eigenvalue weighted by atomic mass is 9.96. The summed E-state index contributed by atoms with van der Waals surface area (Å²) in [6, 6.07) is 0. The molecule has 0 radical (unpaired) electrons. The molecule has 7 N–H and O–H groups in total. The van der Waals surface area contributed by atoms with E-state index in [0.29, 0.717) is 0 Å². The van der Waals surface area contributed by atoms with Gasteiger partial charge in [-0.05, 0) is 0 Å². The third kappa shape index (κ3) is 13.4. The maximum Gasteiger partial charge on any atom is 0.336 e. The first-order valence-electron chi connectivity index (χ1n) is 5.34. The number of aliphatic carboxylic acids is 5. The van der Waals surface area contributed by atoms with Gasteiger partial charge in [0.25, 0.3) is 0 Å². The number of carboxylic acid groups (broad SMARTS) is 5. The first-order valence-corrected chi connectivity index (χ1v) is 5.34. The Morgan fingerprint density at radius 2 is 1.13 bits per heavy atom. The Kier molecular flexibility index (Phi) is 13.1. The summed E-state index contributed by atoms with van der Waals surface area (Å²) in [5.74, 6) is -7.86. The van der Waals surface area contributed by atoms with E-state index in [-0.39, 0.29) is 23.1 Å². The first-order chi connectivity index (χ1) is 9.81.